The van der Waals surface area contributed by atoms with E-state index in [1.54, 1.807) is 16.8 Å². The molecule has 12 heteroatoms. The number of piperazine rings is 1. The minimum absolute atomic E-state index is 0.0286. The summed E-state index contributed by atoms with van der Waals surface area (Å²) in [5.41, 5.74) is 3.69. The highest BCUT2D eigenvalue weighted by Gasteiger charge is 2.27. The van der Waals surface area contributed by atoms with Crippen molar-refractivity contribution in [1.82, 2.24) is 35.6 Å². The van der Waals surface area contributed by atoms with Crippen LogP contribution in [0.2, 0.25) is 0 Å². The summed E-state index contributed by atoms with van der Waals surface area (Å²) in [4.78, 5) is 33.0. The van der Waals surface area contributed by atoms with Gasteiger partial charge < -0.3 is 30.3 Å². The van der Waals surface area contributed by atoms with Crippen molar-refractivity contribution in [2.75, 3.05) is 26.2 Å². The summed E-state index contributed by atoms with van der Waals surface area (Å²) in [5.74, 6) is -0.157. The van der Waals surface area contributed by atoms with Gasteiger partial charge in [0, 0.05) is 56.3 Å². The lowest BCUT2D eigenvalue weighted by atomic mass is 9.91. The average molecular weight is 710 g/mol. The van der Waals surface area contributed by atoms with Gasteiger partial charge in [-0.1, -0.05) is 36.4 Å². The van der Waals surface area contributed by atoms with Gasteiger partial charge in [0.1, 0.15) is 17.1 Å². The maximum Gasteiger partial charge on any atom is 0.272 e. The first-order chi connectivity index (χ1) is 25.3. The lowest BCUT2D eigenvalue weighted by Gasteiger charge is -2.36. The largest absolute Gasteiger partial charge is 0.478 e. The van der Waals surface area contributed by atoms with Crippen LogP contribution in [0.5, 0.6) is 17.5 Å². The minimum atomic E-state index is -0.624. The zero-order valence-corrected chi connectivity index (χ0v) is 29.9. The van der Waals surface area contributed by atoms with Crippen LogP contribution >= 0.6 is 0 Å². The monoisotopic (exact) mass is 709 g/mol. The molecule has 1 saturated carbocycles. The van der Waals surface area contributed by atoms with Crippen LogP contribution in [0.4, 0.5) is 4.39 Å². The minimum Gasteiger partial charge on any atom is -0.478 e. The SMILES string of the molecule is C[C@@H]1CN(CCCc2ccc(-c3cccc(Oc4ncc(F)cc4C(=O)N[C@H]4CC[C@H](NC(=O)c5cc6n(n5)CCCO6)CC4)c3)cc2)C[C@H](C)N1. The van der Waals surface area contributed by atoms with Crippen LogP contribution in [-0.4, -0.2) is 81.9 Å². The van der Waals surface area contributed by atoms with Gasteiger partial charge in [-0.3, -0.25) is 9.59 Å². The highest BCUT2D eigenvalue weighted by molar-refractivity contribution is 5.96. The van der Waals surface area contributed by atoms with Crippen LogP contribution in [0.1, 0.15) is 78.8 Å². The van der Waals surface area contributed by atoms with Crippen molar-refractivity contribution < 1.29 is 23.5 Å². The quantitative estimate of drug-likeness (QED) is 0.180. The molecule has 2 aliphatic heterocycles. The molecule has 2 amide bonds. The first-order valence-electron chi connectivity index (χ1n) is 18.6. The van der Waals surface area contributed by atoms with Gasteiger partial charge in [0.25, 0.3) is 11.8 Å². The second-order valence-corrected chi connectivity index (χ2v) is 14.5. The number of aromatic nitrogens is 3. The van der Waals surface area contributed by atoms with E-state index in [9.17, 15) is 14.0 Å². The third-order valence-corrected chi connectivity index (χ3v) is 10.1. The van der Waals surface area contributed by atoms with E-state index < -0.39 is 11.7 Å². The molecule has 3 aliphatic rings. The molecule has 2 aromatic heterocycles. The van der Waals surface area contributed by atoms with Crippen molar-refractivity contribution in [3.63, 3.8) is 0 Å². The Balaban J connectivity index is 0.916. The molecule has 4 aromatic rings. The van der Waals surface area contributed by atoms with E-state index in [2.05, 4.69) is 69.0 Å². The number of fused-ring (bicyclic) bond motifs is 1. The maximum absolute atomic E-state index is 14.4. The number of nitrogens with zero attached hydrogens (tertiary/aromatic N) is 4. The normalized spacial score (nSPS) is 21.8. The van der Waals surface area contributed by atoms with E-state index in [0.29, 0.717) is 61.7 Å². The Labute approximate surface area is 304 Å². The zero-order valence-electron chi connectivity index (χ0n) is 29.9. The van der Waals surface area contributed by atoms with Gasteiger partial charge >= 0.3 is 0 Å². The van der Waals surface area contributed by atoms with E-state index >= 15 is 0 Å². The summed E-state index contributed by atoms with van der Waals surface area (Å²) in [6, 6.07) is 19.9. The van der Waals surface area contributed by atoms with Gasteiger partial charge in [-0.2, -0.15) is 5.10 Å². The Bertz CT molecular complexity index is 1820. The molecule has 52 heavy (non-hydrogen) atoms. The van der Waals surface area contributed by atoms with Gasteiger partial charge in [-0.15, -0.1) is 0 Å². The smallest absolute Gasteiger partial charge is 0.272 e. The zero-order chi connectivity index (χ0) is 36.0. The van der Waals surface area contributed by atoms with Crippen molar-refractivity contribution in [3.8, 4) is 28.6 Å². The number of hydrogen-bond donors (Lipinski definition) is 3. The predicted molar refractivity (Wildman–Crippen MR) is 196 cm³/mol. The number of rotatable bonds is 11. The van der Waals surface area contributed by atoms with Crippen molar-refractivity contribution in [1.29, 1.82) is 0 Å². The Morgan fingerprint density at radius 3 is 2.40 bits per heavy atom. The number of carbonyl (C=O) groups excluding carboxylic acids is 2. The van der Waals surface area contributed by atoms with Crippen LogP contribution in [-0.2, 0) is 13.0 Å². The van der Waals surface area contributed by atoms with Gasteiger partial charge in [0.05, 0.1) is 12.8 Å². The summed E-state index contributed by atoms with van der Waals surface area (Å²) < 4.78 is 27.8. The molecule has 1 aliphatic carbocycles. The Hall–Kier alpha value is -4.81. The van der Waals surface area contributed by atoms with Crippen LogP contribution in [0.3, 0.4) is 0 Å². The Morgan fingerprint density at radius 2 is 1.67 bits per heavy atom. The Kier molecular flexibility index (Phi) is 11.1. The van der Waals surface area contributed by atoms with Crippen molar-refractivity contribution in [2.45, 2.75) is 89.5 Å². The molecule has 0 unspecified atom stereocenters. The lowest BCUT2D eigenvalue weighted by molar-refractivity contribution is 0.0887. The number of aryl methyl sites for hydroxylation is 2. The van der Waals surface area contributed by atoms with Crippen molar-refractivity contribution >= 4 is 11.8 Å². The third-order valence-electron chi connectivity index (χ3n) is 10.1. The van der Waals surface area contributed by atoms with Crippen LogP contribution < -0.4 is 25.4 Å². The first-order valence-corrected chi connectivity index (χ1v) is 18.6. The molecule has 3 N–H and O–H groups in total. The van der Waals surface area contributed by atoms with E-state index in [-0.39, 0.29) is 29.4 Å². The molecule has 0 bridgehead atoms. The Morgan fingerprint density at radius 1 is 0.942 bits per heavy atom. The van der Waals surface area contributed by atoms with E-state index in [4.69, 9.17) is 9.47 Å². The number of carbonyl (C=O) groups is 2. The molecule has 1 saturated heterocycles. The van der Waals surface area contributed by atoms with Gasteiger partial charge in [0.2, 0.25) is 11.8 Å². The topological polar surface area (TPSA) is 123 Å². The third kappa shape index (κ3) is 8.97. The highest BCUT2D eigenvalue weighted by Crippen LogP contribution is 2.30. The number of nitrogens with one attached hydrogen (secondary N) is 3. The molecular formula is C40H48FN7O4. The molecule has 2 atom stereocenters. The molecular weight excluding hydrogens is 661 g/mol. The molecule has 0 spiro atoms. The molecule has 7 rings (SSSR count). The molecule has 11 nitrogen and oxygen atoms in total. The first kappa shape index (κ1) is 35.6. The van der Waals surface area contributed by atoms with Crippen LogP contribution in [0.15, 0.2) is 66.9 Å². The van der Waals surface area contributed by atoms with E-state index in [1.807, 2.05) is 18.2 Å². The molecule has 2 aromatic carbocycles. The number of benzene rings is 2. The number of hydrogen-bond acceptors (Lipinski definition) is 8. The number of pyridine rings is 1. The lowest BCUT2D eigenvalue weighted by Crippen LogP contribution is -2.54. The number of halogens is 1. The fraction of sp³-hybridized carbons (Fsp3) is 0.450. The van der Waals surface area contributed by atoms with Gasteiger partial charge in [0.15, 0.2) is 5.69 Å². The molecule has 274 valence electrons. The van der Waals surface area contributed by atoms with Gasteiger partial charge in [-0.05, 0) is 93.8 Å². The highest BCUT2D eigenvalue weighted by atomic mass is 19.1. The maximum atomic E-state index is 14.4. The summed E-state index contributed by atoms with van der Waals surface area (Å²) in [6.45, 7) is 9.14. The second kappa shape index (κ2) is 16.2. The van der Waals surface area contributed by atoms with E-state index in [1.165, 1.54) is 5.56 Å². The van der Waals surface area contributed by atoms with E-state index in [0.717, 1.165) is 68.8 Å². The second-order valence-electron chi connectivity index (χ2n) is 14.5. The summed E-state index contributed by atoms with van der Waals surface area (Å²) in [6.07, 6.45) is 6.76. The molecule has 2 fully saturated rings. The van der Waals surface area contributed by atoms with Crippen LogP contribution in [0, 0.1) is 5.82 Å². The predicted octanol–water partition coefficient (Wildman–Crippen LogP) is 5.74. The fourth-order valence-electron chi connectivity index (χ4n) is 7.60. The van der Waals surface area contributed by atoms with Crippen molar-refractivity contribution in [3.05, 3.63) is 89.5 Å². The number of amides is 2. The summed E-state index contributed by atoms with van der Waals surface area (Å²) in [7, 11) is 0. The average Bonchev–Trinajstić information content (AvgIpc) is 3.58. The molecule has 4 heterocycles. The summed E-state index contributed by atoms with van der Waals surface area (Å²) in [5, 5.41) is 14.1. The van der Waals surface area contributed by atoms with Crippen LogP contribution in [0.25, 0.3) is 11.1 Å². The number of ether oxygens (including phenoxy) is 2. The fourth-order valence-corrected chi connectivity index (χ4v) is 7.60. The summed E-state index contributed by atoms with van der Waals surface area (Å²) >= 11 is 0. The van der Waals surface area contributed by atoms with Gasteiger partial charge in [-0.25, -0.2) is 14.1 Å². The standard InChI is InChI=1S/C40H48FN7O4/c1-26-24-47(25-27(2)43-26)17-4-6-28-9-11-29(12-10-28)30-7-3-8-34(20-30)52-40-35(21-31(41)23-42-40)38(49)44-32-13-15-33(16-14-32)45-39(50)36-22-37-48(46-36)18-5-19-51-37/h3,7-12,20-23,26-27,32-33,43H,4-6,13-19,24-25H2,1-2H3,(H,44,49)(H,45,50)/t26-,27+,32-,33-. The molecule has 0 radical (unpaired) electrons. The van der Waals surface area contributed by atoms with Crippen molar-refractivity contribution in [2.24, 2.45) is 0 Å².